The average molecular weight is 298 g/mol. The van der Waals surface area contributed by atoms with Gasteiger partial charge < -0.3 is 5.73 Å². The van der Waals surface area contributed by atoms with Gasteiger partial charge in [-0.1, -0.05) is 0 Å². The zero-order valence-electron chi connectivity index (χ0n) is 12.0. The van der Waals surface area contributed by atoms with E-state index in [4.69, 9.17) is 5.73 Å². The molecule has 0 saturated heterocycles. The molecule has 0 aliphatic carbocycles. The third-order valence-electron chi connectivity index (χ3n) is 3.35. The minimum atomic E-state index is -2.24. The summed E-state index contributed by atoms with van der Waals surface area (Å²) < 4.78 is 38.2. The average Bonchev–Trinajstić information content (AvgIpc) is 2.77. The highest BCUT2D eigenvalue weighted by molar-refractivity contribution is 5.53. The molecule has 0 aliphatic heterocycles. The van der Waals surface area contributed by atoms with Crippen LogP contribution < -0.4 is 5.73 Å². The first-order valence-electron chi connectivity index (χ1n) is 6.71. The molecular formula is C14H17F3N4. The largest absolute Gasteiger partial charge is 0.383 e. The lowest BCUT2D eigenvalue weighted by atomic mass is 10.1. The quantitative estimate of drug-likeness (QED) is 0.856. The molecule has 0 aromatic carbocycles. The molecule has 2 N–H and O–H groups in total. The van der Waals surface area contributed by atoms with E-state index >= 15 is 0 Å². The second kappa shape index (κ2) is 6.15. The Morgan fingerprint density at radius 2 is 1.95 bits per heavy atom. The predicted molar refractivity (Wildman–Crippen MR) is 74.8 cm³/mol. The lowest BCUT2D eigenvalue weighted by molar-refractivity contribution is 0.367. The van der Waals surface area contributed by atoms with Gasteiger partial charge in [-0.25, -0.2) is 9.37 Å². The van der Waals surface area contributed by atoms with E-state index in [1.54, 1.807) is 4.52 Å². The molecule has 0 radical (unpaired) electrons. The summed E-state index contributed by atoms with van der Waals surface area (Å²) in [6.45, 7) is 3.69. The number of nitrogens with zero attached hydrogens (tertiary/aromatic N) is 3. The highest BCUT2D eigenvalue weighted by atomic mass is 19.3. The van der Waals surface area contributed by atoms with E-state index in [1.807, 2.05) is 19.9 Å². The number of fused-ring (bicyclic) bond motifs is 1. The van der Waals surface area contributed by atoms with Crippen molar-refractivity contribution in [1.82, 2.24) is 14.6 Å². The highest BCUT2D eigenvalue weighted by Gasteiger charge is 2.12. The van der Waals surface area contributed by atoms with Crippen LogP contribution >= 0.6 is 0 Å². The number of nitrogen functional groups attached to an aromatic ring is 1. The van der Waals surface area contributed by atoms with E-state index in [-0.39, 0.29) is 6.42 Å². The van der Waals surface area contributed by atoms with Gasteiger partial charge in [0, 0.05) is 23.7 Å². The van der Waals surface area contributed by atoms with Crippen molar-refractivity contribution >= 4 is 11.5 Å². The molecule has 2 heterocycles. The van der Waals surface area contributed by atoms with E-state index in [2.05, 4.69) is 10.1 Å². The van der Waals surface area contributed by atoms with E-state index in [1.165, 1.54) is 0 Å². The van der Waals surface area contributed by atoms with Gasteiger partial charge in [0.2, 0.25) is 0 Å². The van der Waals surface area contributed by atoms with Crippen LogP contribution in [-0.2, 0) is 6.42 Å². The molecular weight excluding hydrogens is 281 g/mol. The molecule has 114 valence electrons. The van der Waals surface area contributed by atoms with E-state index < -0.39 is 11.9 Å². The molecule has 0 unspecified atom stereocenters. The lowest BCUT2D eigenvalue weighted by Crippen LogP contribution is -2.08. The van der Waals surface area contributed by atoms with E-state index in [9.17, 15) is 13.2 Å². The molecule has 2 rings (SSSR count). The number of unbranched alkanes of at least 4 members (excludes halogenated alkanes) is 1. The van der Waals surface area contributed by atoms with Crippen LogP contribution in [0.3, 0.4) is 0 Å². The van der Waals surface area contributed by atoms with Crippen LogP contribution in [0.5, 0.6) is 0 Å². The Labute approximate surface area is 120 Å². The van der Waals surface area contributed by atoms with Crippen LogP contribution in [-0.4, -0.2) is 14.6 Å². The van der Waals surface area contributed by atoms with E-state index in [0.717, 1.165) is 17.0 Å². The molecule has 0 bridgehead atoms. The fourth-order valence-corrected chi connectivity index (χ4v) is 2.28. The molecule has 0 atom stereocenters. The van der Waals surface area contributed by atoms with Crippen molar-refractivity contribution < 1.29 is 13.2 Å². The number of hydrogen-bond acceptors (Lipinski definition) is 3. The summed E-state index contributed by atoms with van der Waals surface area (Å²) in [5.41, 5.74) is 9.19. The number of nitrogens with two attached hydrogens (primary N) is 1. The van der Waals surface area contributed by atoms with Crippen LogP contribution in [0.15, 0.2) is 18.0 Å². The summed E-state index contributed by atoms with van der Waals surface area (Å²) in [7, 11) is 0. The Morgan fingerprint density at radius 3 is 2.62 bits per heavy atom. The van der Waals surface area contributed by atoms with Gasteiger partial charge in [-0.3, -0.25) is 0 Å². The molecule has 2 aromatic rings. The Bertz CT molecular complexity index is 687. The zero-order valence-corrected chi connectivity index (χ0v) is 12.0. The van der Waals surface area contributed by atoms with Gasteiger partial charge >= 0.3 is 6.08 Å². The first kappa shape index (κ1) is 15.3. The van der Waals surface area contributed by atoms with Gasteiger partial charge in [0.25, 0.3) is 0 Å². The third kappa shape index (κ3) is 3.34. The zero-order chi connectivity index (χ0) is 15.6. The Hall–Kier alpha value is -2.05. The Morgan fingerprint density at radius 1 is 1.24 bits per heavy atom. The lowest BCUT2D eigenvalue weighted by Gasteiger charge is -2.10. The highest BCUT2D eigenvalue weighted by Crippen LogP contribution is 2.22. The second-order valence-electron chi connectivity index (χ2n) is 4.99. The van der Waals surface area contributed by atoms with Crippen molar-refractivity contribution in [3.8, 4) is 0 Å². The monoisotopic (exact) mass is 298 g/mol. The van der Waals surface area contributed by atoms with Crippen LogP contribution in [0.2, 0.25) is 0 Å². The topological polar surface area (TPSA) is 56.2 Å². The third-order valence-corrected chi connectivity index (χ3v) is 3.35. The number of allylic oxidation sites excluding steroid dienone is 1. The van der Waals surface area contributed by atoms with Crippen molar-refractivity contribution in [2.24, 2.45) is 0 Å². The summed E-state index contributed by atoms with van der Waals surface area (Å²) >= 11 is 0. The van der Waals surface area contributed by atoms with Crippen molar-refractivity contribution in [2.45, 2.75) is 39.5 Å². The molecule has 21 heavy (non-hydrogen) atoms. The van der Waals surface area contributed by atoms with Crippen LogP contribution in [0.1, 0.15) is 36.2 Å². The Kier molecular flexibility index (Phi) is 4.50. The molecule has 0 amide bonds. The first-order valence-corrected chi connectivity index (χ1v) is 6.71. The van der Waals surface area contributed by atoms with Gasteiger partial charge in [-0.15, -0.1) is 0 Å². The van der Waals surface area contributed by atoms with Crippen LogP contribution in [0.4, 0.5) is 19.0 Å². The fraction of sp³-hybridized carbons (Fsp3) is 0.429. The summed E-state index contributed by atoms with van der Waals surface area (Å²) in [6, 6.07) is 1.83. The van der Waals surface area contributed by atoms with Gasteiger partial charge in [-0.2, -0.15) is 18.4 Å². The maximum atomic E-state index is 12.7. The molecule has 0 spiro atoms. The number of rotatable bonds is 5. The van der Waals surface area contributed by atoms with E-state index in [0.29, 0.717) is 30.7 Å². The smallest absolute Gasteiger partial charge is 0.301 e. The molecule has 0 aliphatic rings. The standard InChI is InChI=1S/C14H17F3N4/c1-8-7-12-19-9(2)10(14(18)21(12)20-8)5-3-4-6-11(15)13(16)17/h7H,3-6,18H2,1-2H3. The molecule has 0 fully saturated rings. The van der Waals surface area contributed by atoms with Crippen LogP contribution in [0, 0.1) is 13.8 Å². The number of aromatic nitrogens is 3. The Balaban J connectivity index is 2.10. The SMILES string of the molecule is Cc1cc2nc(C)c(CCCCC(F)=C(F)F)c(N)n2n1. The number of aryl methyl sites for hydroxylation is 2. The summed E-state index contributed by atoms with van der Waals surface area (Å²) in [5.74, 6) is -0.839. The molecule has 0 saturated carbocycles. The first-order chi connectivity index (χ1) is 9.90. The van der Waals surface area contributed by atoms with Crippen molar-refractivity contribution in [2.75, 3.05) is 5.73 Å². The van der Waals surface area contributed by atoms with Crippen LogP contribution in [0.25, 0.3) is 5.65 Å². The summed E-state index contributed by atoms with van der Waals surface area (Å²) in [6.07, 6.45) is -1.04. The predicted octanol–water partition coefficient (Wildman–Crippen LogP) is 3.72. The van der Waals surface area contributed by atoms with Gasteiger partial charge in [0.05, 0.1) is 5.69 Å². The molecule has 2 aromatic heterocycles. The minimum absolute atomic E-state index is 0.252. The second-order valence-corrected chi connectivity index (χ2v) is 4.99. The van der Waals surface area contributed by atoms with Gasteiger partial charge in [0.1, 0.15) is 5.82 Å². The molecule has 4 nitrogen and oxygen atoms in total. The maximum Gasteiger partial charge on any atom is 0.301 e. The van der Waals surface area contributed by atoms with Crippen molar-refractivity contribution in [1.29, 1.82) is 0 Å². The van der Waals surface area contributed by atoms with Gasteiger partial charge in [-0.05, 0) is 33.1 Å². The maximum absolute atomic E-state index is 12.7. The number of halogens is 3. The minimum Gasteiger partial charge on any atom is -0.383 e. The van der Waals surface area contributed by atoms with Crippen molar-refractivity contribution in [3.63, 3.8) is 0 Å². The number of anilines is 1. The summed E-state index contributed by atoms with van der Waals surface area (Å²) in [5, 5.41) is 4.26. The molecule has 7 heteroatoms. The van der Waals surface area contributed by atoms with Crippen molar-refractivity contribution in [3.05, 3.63) is 34.9 Å². The number of hydrogen-bond donors (Lipinski definition) is 1. The van der Waals surface area contributed by atoms with Gasteiger partial charge in [0.15, 0.2) is 11.5 Å². The fourth-order valence-electron chi connectivity index (χ4n) is 2.28. The summed E-state index contributed by atoms with van der Waals surface area (Å²) in [4.78, 5) is 4.42. The normalized spacial score (nSPS) is 11.1.